The second-order valence-corrected chi connectivity index (χ2v) is 5.50. The van der Waals surface area contributed by atoms with Crippen molar-refractivity contribution in [3.05, 3.63) is 0 Å². The van der Waals surface area contributed by atoms with Gasteiger partial charge in [-0.05, 0) is 42.4 Å². The number of hydrogen-bond acceptors (Lipinski definition) is 2. The highest BCUT2D eigenvalue weighted by Gasteiger charge is 2.54. The van der Waals surface area contributed by atoms with Crippen molar-refractivity contribution in [1.29, 1.82) is 0 Å². The Morgan fingerprint density at radius 3 is 2.64 bits per heavy atom. The Labute approximate surface area is 86.0 Å². The SMILES string of the molecule is CC(=O)OCC1CCC2CC1C2(C)C. The van der Waals surface area contributed by atoms with Gasteiger partial charge in [-0.25, -0.2) is 0 Å². The summed E-state index contributed by atoms with van der Waals surface area (Å²) < 4.78 is 5.13. The van der Waals surface area contributed by atoms with Gasteiger partial charge in [-0.3, -0.25) is 4.79 Å². The Balaban J connectivity index is 1.91. The molecule has 2 heteroatoms. The van der Waals surface area contributed by atoms with Gasteiger partial charge in [-0.2, -0.15) is 0 Å². The summed E-state index contributed by atoms with van der Waals surface area (Å²) in [5, 5.41) is 0. The van der Waals surface area contributed by atoms with Gasteiger partial charge in [-0.1, -0.05) is 13.8 Å². The lowest BCUT2D eigenvalue weighted by molar-refractivity contribution is -0.153. The van der Waals surface area contributed by atoms with Crippen LogP contribution in [-0.2, 0) is 9.53 Å². The molecule has 0 aliphatic heterocycles. The third-order valence-corrected chi connectivity index (χ3v) is 4.50. The highest BCUT2D eigenvalue weighted by atomic mass is 16.5. The summed E-state index contributed by atoms with van der Waals surface area (Å²) in [6.07, 6.45) is 3.94. The molecule has 0 aromatic rings. The molecule has 80 valence electrons. The number of ether oxygens (including phenoxy) is 1. The number of hydrogen-bond donors (Lipinski definition) is 0. The zero-order valence-corrected chi connectivity index (χ0v) is 9.38. The van der Waals surface area contributed by atoms with Crippen LogP contribution in [0.2, 0.25) is 0 Å². The average Bonchev–Trinajstić information content (AvgIpc) is 2.14. The fourth-order valence-corrected chi connectivity index (χ4v) is 3.39. The number of esters is 1. The highest BCUT2D eigenvalue weighted by molar-refractivity contribution is 5.65. The highest BCUT2D eigenvalue weighted by Crippen LogP contribution is 2.61. The van der Waals surface area contributed by atoms with Crippen molar-refractivity contribution in [2.24, 2.45) is 23.2 Å². The normalized spacial score (nSPS) is 38.6. The predicted octanol–water partition coefficient (Wildman–Crippen LogP) is 2.62. The number of rotatable bonds is 2. The summed E-state index contributed by atoms with van der Waals surface area (Å²) in [6.45, 7) is 6.88. The maximum Gasteiger partial charge on any atom is 0.302 e. The molecule has 3 aliphatic rings. The van der Waals surface area contributed by atoms with E-state index in [2.05, 4.69) is 13.8 Å². The van der Waals surface area contributed by atoms with Crippen LogP contribution in [0.4, 0.5) is 0 Å². The van der Waals surface area contributed by atoms with Crippen LogP contribution in [0.1, 0.15) is 40.0 Å². The summed E-state index contributed by atoms with van der Waals surface area (Å²) in [5.41, 5.74) is 0.503. The Kier molecular flexibility index (Phi) is 2.32. The van der Waals surface area contributed by atoms with E-state index in [-0.39, 0.29) is 5.97 Å². The first-order chi connectivity index (χ1) is 6.51. The van der Waals surface area contributed by atoms with Crippen molar-refractivity contribution in [3.8, 4) is 0 Å². The standard InChI is InChI=1S/C12H20O2/c1-8(13)14-7-9-4-5-10-6-11(9)12(10,2)3/h9-11H,4-7H2,1-3H3. The van der Waals surface area contributed by atoms with Crippen molar-refractivity contribution < 1.29 is 9.53 Å². The first-order valence-electron chi connectivity index (χ1n) is 5.65. The summed E-state index contributed by atoms with van der Waals surface area (Å²) >= 11 is 0. The van der Waals surface area contributed by atoms with Gasteiger partial charge in [0.05, 0.1) is 6.61 Å². The minimum atomic E-state index is -0.135. The largest absolute Gasteiger partial charge is 0.466 e. The molecule has 3 fully saturated rings. The Hall–Kier alpha value is -0.530. The summed E-state index contributed by atoms with van der Waals surface area (Å²) in [4.78, 5) is 10.7. The molecular formula is C12H20O2. The Morgan fingerprint density at radius 1 is 1.43 bits per heavy atom. The van der Waals surface area contributed by atoms with E-state index in [1.807, 2.05) is 0 Å². The van der Waals surface area contributed by atoms with E-state index < -0.39 is 0 Å². The molecule has 0 amide bonds. The van der Waals surface area contributed by atoms with Gasteiger partial charge >= 0.3 is 5.97 Å². The summed E-state index contributed by atoms with van der Waals surface area (Å²) in [7, 11) is 0. The number of carbonyl (C=O) groups is 1. The van der Waals surface area contributed by atoms with Crippen LogP contribution < -0.4 is 0 Å². The monoisotopic (exact) mass is 196 g/mol. The van der Waals surface area contributed by atoms with Gasteiger partial charge in [0.1, 0.15) is 0 Å². The quantitative estimate of drug-likeness (QED) is 0.635. The molecule has 0 heterocycles. The maximum absolute atomic E-state index is 10.7. The summed E-state index contributed by atoms with van der Waals surface area (Å²) in [6, 6.07) is 0. The van der Waals surface area contributed by atoms with Crippen molar-refractivity contribution in [2.75, 3.05) is 6.61 Å². The molecule has 3 atom stereocenters. The third kappa shape index (κ3) is 1.45. The van der Waals surface area contributed by atoms with Gasteiger partial charge in [0, 0.05) is 6.92 Å². The zero-order valence-electron chi connectivity index (χ0n) is 9.38. The third-order valence-electron chi connectivity index (χ3n) is 4.50. The van der Waals surface area contributed by atoms with Crippen LogP contribution in [0, 0.1) is 23.2 Å². The first kappa shape index (κ1) is 10.0. The first-order valence-corrected chi connectivity index (χ1v) is 5.65. The van der Waals surface area contributed by atoms with E-state index in [0.29, 0.717) is 17.9 Å². The minimum Gasteiger partial charge on any atom is -0.466 e. The van der Waals surface area contributed by atoms with Gasteiger partial charge in [-0.15, -0.1) is 0 Å². The van der Waals surface area contributed by atoms with Gasteiger partial charge in [0.15, 0.2) is 0 Å². The molecule has 2 bridgehead atoms. The van der Waals surface area contributed by atoms with E-state index >= 15 is 0 Å². The second kappa shape index (κ2) is 3.25. The second-order valence-electron chi connectivity index (χ2n) is 5.50. The van der Waals surface area contributed by atoms with Crippen LogP contribution in [-0.4, -0.2) is 12.6 Å². The molecule has 3 saturated carbocycles. The molecule has 3 rings (SSSR count). The molecule has 0 aromatic heterocycles. The van der Waals surface area contributed by atoms with Crippen molar-refractivity contribution in [2.45, 2.75) is 40.0 Å². The fourth-order valence-electron chi connectivity index (χ4n) is 3.39. The van der Waals surface area contributed by atoms with Crippen molar-refractivity contribution in [3.63, 3.8) is 0 Å². The summed E-state index contributed by atoms with van der Waals surface area (Å²) in [5.74, 6) is 2.21. The Bertz CT molecular complexity index is 243. The van der Waals surface area contributed by atoms with Crippen LogP contribution in [0.25, 0.3) is 0 Å². The molecule has 3 aliphatic carbocycles. The fraction of sp³-hybridized carbons (Fsp3) is 0.917. The van der Waals surface area contributed by atoms with Crippen LogP contribution in [0.5, 0.6) is 0 Å². The molecule has 2 nitrogen and oxygen atoms in total. The maximum atomic E-state index is 10.7. The average molecular weight is 196 g/mol. The van der Waals surface area contributed by atoms with Crippen LogP contribution in [0.15, 0.2) is 0 Å². The molecule has 3 unspecified atom stereocenters. The van der Waals surface area contributed by atoms with Crippen molar-refractivity contribution in [1.82, 2.24) is 0 Å². The predicted molar refractivity (Wildman–Crippen MR) is 54.7 cm³/mol. The molecule has 0 radical (unpaired) electrons. The van der Waals surface area contributed by atoms with E-state index in [9.17, 15) is 4.79 Å². The lowest BCUT2D eigenvalue weighted by Gasteiger charge is -2.60. The van der Waals surface area contributed by atoms with E-state index in [1.165, 1.54) is 26.2 Å². The lowest BCUT2D eigenvalue weighted by atomic mass is 9.46. The zero-order chi connectivity index (χ0) is 10.3. The molecule has 0 spiro atoms. The number of carbonyl (C=O) groups excluding carboxylic acids is 1. The number of fused-ring (bicyclic) bond motifs is 2. The molecular weight excluding hydrogens is 176 g/mol. The topological polar surface area (TPSA) is 26.3 Å². The Morgan fingerprint density at radius 2 is 2.14 bits per heavy atom. The van der Waals surface area contributed by atoms with E-state index in [1.54, 1.807) is 0 Å². The van der Waals surface area contributed by atoms with Gasteiger partial charge in [0.2, 0.25) is 0 Å². The van der Waals surface area contributed by atoms with Crippen LogP contribution in [0.3, 0.4) is 0 Å². The van der Waals surface area contributed by atoms with E-state index in [0.717, 1.165) is 11.8 Å². The smallest absolute Gasteiger partial charge is 0.302 e. The van der Waals surface area contributed by atoms with Crippen molar-refractivity contribution >= 4 is 5.97 Å². The van der Waals surface area contributed by atoms with Crippen LogP contribution >= 0.6 is 0 Å². The minimum absolute atomic E-state index is 0.135. The lowest BCUT2D eigenvalue weighted by Crippen LogP contribution is -2.53. The van der Waals surface area contributed by atoms with E-state index in [4.69, 9.17) is 4.74 Å². The molecule has 0 N–H and O–H groups in total. The molecule has 14 heavy (non-hydrogen) atoms. The van der Waals surface area contributed by atoms with Gasteiger partial charge in [0.25, 0.3) is 0 Å². The molecule has 0 aromatic carbocycles. The molecule has 0 saturated heterocycles. The van der Waals surface area contributed by atoms with Gasteiger partial charge < -0.3 is 4.74 Å².